The number of halogens is 1. The maximum atomic E-state index is 12.3. The molecular formula is C15H19BrN4O3. The van der Waals surface area contributed by atoms with Crippen LogP contribution in [0.5, 0.6) is 0 Å². The number of nitrogens with zero attached hydrogens (tertiary/aromatic N) is 1. The van der Waals surface area contributed by atoms with Crippen molar-refractivity contribution in [1.82, 2.24) is 5.32 Å². The van der Waals surface area contributed by atoms with Gasteiger partial charge < -0.3 is 21.6 Å². The summed E-state index contributed by atoms with van der Waals surface area (Å²) in [5.74, 6) is -0.750. The van der Waals surface area contributed by atoms with E-state index >= 15 is 0 Å². The van der Waals surface area contributed by atoms with Gasteiger partial charge in [0.25, 0.3) is 0 Å². The van der Waals surface area contributed by atoms with Crippen molar-refractivity contribution in [3.05, 3.63) is 35.9 Å². The van der Waals surface area contributed by atoms with E-state index in [9.17, 15) is 9.59 Å². The van der Waals surface area contributed by atoms with Crippen molar-refractivity contribution in [2.75, 3.05) is 6.54 Å². The van der Waals surface area contributed by atoms with Crippen LogP contribution in [-0.2, 0) is 20.8 Å². The largest absolute Gasteiger partial charge is 0.389 e. The van der Waals surface area contributed by atoms with Gasteiger partial charge >= 0.3 is 0 Å². The van der Waals surface area contributed by atoms with Gasteiger partial charge in [-0.2, -0.15) is 0 Å². The van der Waals surface area contributed by atoms with Gasteiger partial charge in [0.15, 0.2) is 11.9 Å². The number of nitrogens with one attached hydrogen (secondary N) is 1. The monoisotopic (exact) mass is 382 g/mol. The fraction of sp³-hybridized carbons (Fsp3) is 0.400. The molecule has 0 spiro atoms. The van der Waals surface area contributed by atoms with Crippen LogP contribution in [0, 0.1) is 0 Å². The number of amides is 1. The van der Waals surface area contributed by atoms with Crippen LogP contribution >= 0.6 is 15.9 Å². The lowest BCUT2D eigenvalue weighted by molar-refractivity contribution is -0.131. The average Bonchev–Trinajstić information content (AvgIpc) is 2.98. The summed E-state index contributed by atoms with van der Waals surface area (Å²) < 4.78 is 0.583. The fourth-order valence-electron chi connectivity index (χ4n) is 2.27. The number of rotatable bonds is 7. The van der Waals surface area contributed by atoms with Crippen LogP contribution in [0.3, 0.4) is 0 Å². The molecule has 0 saturated heterocycles. The number of benzene rings is 1. The number of hydrogen-bond acceptors (Lipinski definition) is 6. The highest BCUT2D eigenvalue weighted by atomic mass is 79.9. The van der Waals surface area contributed by atoms with Crippen LogP contribution in [0.15, 0.2) is 35.5 Å². The molecule has 0 saturated carbocycles. The Balaban J connectivity index is 1.98. The molecule has 1 amide bonds. The van der Waals surface area contributed by atoms with Gasteiger partial charge in [0.2, 0.25) is 5.91 Å². The zero-order valence-corrected chi connectivity index (χ0v) is 14.0. The lowest BCUT2D eigenvalue weighted by Crippen LogP contribution is -2.55. The second-order valence-electron chi connectivity index (χ2n) is 5.27. The van der Waals surface area contributed by atoms with Crippen molar-refractivity contribution in [2.24, 2.45) is 16.6 Å². The summed E-state index contributed by atoms with van der Waals surface area (Å²) in [5.41, 5.74) is 12.3. The van der Waals surface area contributed by atoms with E-state index in [1.54, 1.807) is 0 Å². The van der Waals surface area contributed by atoms with E-state index in [-0.39, 0.29) is 12.3 Å². The molecule has 0 fully saturated rings. The number of carbonyl (C=O) groups excluding carboxylic acids is 2. The molecule has 1 heterocycles. The third-order valence-corrected chi connectivity index (χ3v) is 3.98. The van der Waals surface area contributed by atoms with Gasteiger partial charge in [-0.1, -0.05) is 35.5 Å². The van der Waals surface area contributed by atoms with Crippen LogP contribution in [0.2, 0.25) is 0 Å². The van der Waals surface area contributed by atoms with Crippen molar-refractivity contribution < 1.29 is 14.4 Å². The highest BCUT2D eigenvalue weighted by Crippen LogP contribution is 2.18. The second kappa shape index (κ2) is 8.19. The van der Waals surface area contributed by atoms with Crippen molar-refractivity contribution in [2.45, 2.75) is 31.0 Å². The van der Waals surface area contributed by atoms with E-state index in [1.807, 2.05) is 30.3 Å². The molecule has 124 valence electrons. The number of oxime groups is 1. The van der Waals surface area contributed by atoms with Gasteiger partial charge in [-0.15, -0.1) is 0 Å². The van der Waals surface area contributed by atoms with Gasteiger partial charge in [0, 0.05) is 6.42 Å². The Morgan fingerprint density at radius 3 is 2.65 bits per heavy atom. The van der Waals surface area contributed by atoms with Crippen LogP contribution in [0.25, 0.3) is 0 Å². The number of hydrogen-bond donors (Lipinski definition) is 3. The minimum atomic E-state index is -0.867. The molecule has 23 heavy (non-hydrogen) atoms. The molecule has 2 rings (SSSR count). The molecule has 0 bridgehead atoms. The summed E-state index contributed by atoms with van der Waals surface area (Å²) in [6.45, 7) is -0.198. The molecule has 1 aliphatic rings. The molecule has 1 aromatic carbocycles. The normalized spacial score (nSPS) is 19.4. The van der Waals surface area contributed by atoms with Crippen molar-refractivity contribution in [3.8, 4) is 0 Å². The first kappa shape index (κ1) is 17.6. The number of Topliss-reactive ketones (excluding diaryl/α,β-unsaturated/α-hetero) is 1. The minimum absolute atomic E-state index is 0.198. The molecule has 2 unspecified atom stereocenters. The lowest BCUT2D eigenvalue weighted by Gasteiger charge is -2.23. The molecule has 1 aliphatic heterocycles. The summed E-state index contributed by atoms with van der Waals surface area (Å²) in [6.07, 6.45) is 0.195. The SMILES string of the molecule is NCC(=O)C(NC(=O)[C@@H](N)Cc1ccccc1)C1CC(Br)=NO1. The van der Waals surface area contributed by atoms with E-state index in [4.69, 9.17) is 16.3 Å². The van der Waals surface area contributed by atoms with Gasteiger partial charge in [-0.05, 0) is 27.9 Å². The highest BCUT2D eigenvalue weighted by Gasteiger charge is 2.35. The molecule has 8 heteroatoms. The van der Waals surface area contributed by atoms with Crippen LogP contribution < -0.4 is 16.8 Å². The first-order valence-electron chi connectivity index (χ1n) is 7.22. The Bertz CT molecular complexity index is 594. The van der Waals surface area contributed by atoms with Crippen LogP contribution in [0.4, 0.5) is 0 Å². The third kappa shape index (κ3) is 4.85. The van der Waals surface area contributed by atoms with E-state index < -0.39 is 24.1 Å². The second-order valence-corrected chi connectivity index (χ2v) is 6.18. The zero-order valence-electron chi connectivity index (χ0n) is 12.4. The molecule has 7 nitrogen and oxygen atoms in total. The van der Waals surface area contributed by atoms with Gasteiger partial charge in [0.05, 0.1) is 12.6 Å². The van der Waals surface area contributed by atoms with Crippen molar-refractivity contribution in [1.29, 1.82) is 0 Å². The fourth-order valence-corrected chi connectivity index (χ4v) is 2.68. The van der Waals surface area contributed by atoms with E-state index in [0.29, 0.717) is 17.5 Å². The first-order valence-corrected chi connectivity index (χ1v) is 8.01. The Hall–Kier alpha value is -1.77. The van der Waals surface area contributed by atoms with Gasteiger partial charge in [-0.25, -0.2) is 0 Å². The predicted molar refractivity (Wildman–Crippen MR) is 90.0 cm³/mol. The lowest BCUT2D eigenvalue weighted by atomic mass is 10.0. The van der Waals surface area contributed by atoms with E-state index in [0.717, 1.165) is 5.56 Å². The number of nitrogens with two attached hydrogens (primary N) is 2. The molecule has 5 N–H and O–H groups in total. The maximum absolute atomic E-state index is 12.3. The Morgan fingerprint density at radius 2 is 2.09 bits per heavy atom. The van der Waals surface area contributed by atoms with Gasteiger partial charge in [-0.3, -0.25) is 9.59 Å². The number of ketones is 1. The Kier molecular flexibility index (Phi) is 6.26. The van der Waals surface area contributed by atoms with E-state index in [1.165, 1.54) is 0 Å². The van der Waals surface area contributed by atoms with Crippen LogP contribution in [-0.4, -0.2) is 41.0 Å². The van der Waals surface area contributed by atoms with E-state index in [2.05, 4.69) is 26.4 Å². The van der Waals surface area contributed by atoms with Crippen molar-refractivity contribution >= 4 is 32.2 Å². The minimum Gasteiger partial charge on any atom is -0.389 e. The summed E-state index contributed by atoms with van der Waals surface area (Å²) in [7, 11) is 0. The molecule has 0 radical (unpaired) electrons. The Morgan fingerprint density at radius 1 is 1.39 bits per heavy atom. The zero-order chi connectivity index (χ0) is 16.8. The smallest absolute Gasteiger partial charge is 0.237 e. The van der Waals surface area contributed by atoms with Gasteiger partial charge in [0.1, 0.15) is 10.7 Å². The highest BCUT2D eigenvalue weighted by molar-refractivity contribution is 9.18. The molecule has 1 aromatic rings. The maximum Gasteiger partial charge on any atom is 0.237 e. The summed E-state index contributed by atoms with van der Waals surface area (Å²) in [4.78, 5) is 29.4. The molecular weight excluding hydrogens is 364 g/mol. The van der Waals surface area contributed by atoms with Crippen LogP contribution in [0.1, 0.15) is 12.0 Å². The summed E-state index contributed by atoms with van der Waals surface area (Å²) in [5, 5.41) is 6.37. The summed E-state index contributed by atoms with van der Waals surface area (Å²) >= 11 is 3.20. The molecule has 0 aliphatic carbocycles. The standard InChI is InChI=1S/C15H19BrN4O3/c16-13-7-12(23-20-13)14(11(21)8-17)19-15(22)10(18)6-9-4-2-1-3-5-9/h1-5,10,12,14H,6-8,17-18H2,(H,19,22)/t10-,12?,14?/m0/s1. The van der Waals surface area contributed by atoms with Crippen molar-refractivity contribution in [3.63, 3.8) is 0 Å². The first-order chi connectivity index (χ1) is 11.0. The number of carbonyl (C=O) groups is 2. The predicted octanol–water partition coefficient (Wildman–Crippen LogP) is 0.0663. The average molecular weight is 383 g/mol. The topological polar surface area (TPSA) is 120 Å². The molecule has 0 aromatic heterocycles. The summed E-state index contributed by atoms with van der Waals surface area (Å²) in [6, 6.07) is 7.79. The quantitative estimate of drug-likeness (QED) is 0.615. The Labute approximate surface area is 142 Å². The third-order valence-electron chi connectivity index (χ3n) is 3.51. The molecule has 3 atom stereocenters.